The van der Waals surface area contributed by atoms with E-state index in [1.165, 1.54) is 0 Å². The summed E-state index contributed by atoms with van der Waals surface area (Å²) in [5.41, 5.74) is 5.78. The molecule has 2 N–H and O–H groups in total. The lowest BCUT2D eigenvalue weighted by atomic mass is 9.97. The number of fused-ring (bicyclic) bond motifs is 1. The second-order valence-electron chi connectivity index (χ2n) is 12.6. The molecule has 4 atom stereocenters. The van der Waals surface area contributed by atoms with Crippen LogP contribution in [0.1, 0.15) is 25.8 Å². The Balaban J connectivity index is 1.39. The van der Waals surface area contributed by atoms with E-state index < -0.39 is 47.9 Å². The van der Waals surface area contributed by atoms with Gasteiger partial charge in [0.1, 0.15) is 18.0 Å². The number of carbonyl (C=O) groups is 4. The first-order valence-electron chi connectivity index (χ1n) is 16.8. The smallest absolute Gasteiger partial charge is 0.336 e. The molecule has 0 saturated carbocycles. The van der Waals surface area contributed by atoms with Crippen molar-refractivity contribution in [2.45, 2.75) is 44.8 Å². The zero-order valence-electron chi connectivity index (χ0n) is 28.3. The van der Waals surface area contributed by atoms with E-state index in [-0.39, 0.29) is 18.8 Å². The minimum Gasteiger partial charge on any atom is -0.481 e. The summed E-state index contributed by atoms with van der Waals surface area (Å²) < 4.78 is 11.3. The number of nitrogens with zero attached hydrogens (tertiary/aromatic N) is 1. The molecule has 51 heavy (non-hydrogen) atoms. The molecule has 2 unspecified atom stereocenters. The predicted molar refractivity (Wildman–Crippen MR) is 194 cm³/mol. The lowest BCUT2D eigenvalue weighted by Crippen LogP contribution is -2.55. The first-order valence-corrected chi connectivity index (χ1v) is 16.8. The predicted octanol–water partition coefficient (Wildman–Crippen LogP) is 6.86. The quantitative estimate of drug-likeness (QED) is 0.147. The second-order valence-corrected chi connectivity index (χ2v) is 12.6. The molecule has 9 nitrogen and oxygen atoms in total. The number of carboxylic acids is 1. The summed E-state index contributed by atoms with van der Waals surface area (Å²) >= 11 is 0. The van der Waals surface area contributed by atoms with Crippen molar-refractivity contribution >= 4 is 29.5 Å². The third-order valence-electron chi connectivity index (χ3n) is 8.94. The van der Waals surface area contributed by atoms with Gasteiger partial charge in [-0.1, -0.05) is 121 Å². The Morgan fingerprint density at radius 1 is 0.804 bits per heavy atom. The van der Waals surface area contributed by atoms with Crippen LogP contribution in [-0.2, 0) is 35.1 Å². The number of cyclic esters (lactones) is 1. The van der Waals surface area contributed by atoms with Crippen LogP contribution >= 0.6 is 0 Å². The van der Waals surface area contributed by atoms with Gasteiger partial charge in [-0.15, -0.1) is 0 Å². The maximum Gasteiger partial charge on any atom is 0.336 e. The molecular weight excluding hydrogens is 644 g/mol. The van der Waals surface area contributed by atoms with Crippen molar-refractivity contribution in [1.29, 1.82) is 0 Å². The number of hydrogen-bond acceptors (Lipinski definition) is 7. The van der Waals surface area contributed by atoms with E-state index in [4.69, 9.17) is 9.47 Å². The van der Waals surface area contributed by atoms with Crippen LogP contribution in [0.2, 0.25) is 0 Å². The number of rotatable bonds is 13. The minimum absolute atomic E-state index is 0.131. The summed E-state index contributed by atoms with van der Waals surface area (Å²) in [5.74, 6) is -3.66. The Kier molecular flexibility index (Phi) is 10.6. The highest BCUT2D eigenvalue weighted by Gasteiger charge is 2.40. The summed E-state index contributed by atoms with van der Waals surface area (Å²) in [5, 5.41) is 12.1. The zero-order valence-corrected chi connectivity index (χ0v) is 28.3. The van der Waals surface area contributed by atoms with Crippen LogP contribution in [0.4, 0.5) is 5.69 Å². The molecule has 6 rings (SSSR count). The van der Waals surface area contributed by atoms with Crippen molar-refractivity contribution in [3.05, 3.63) is 151 Å². The number of allylic oxidation sites excluding steroid dienone is 3. The number of ether oxygens (including phenoxy) is 2. The maximum absolute atomic E-state index is 14.4. The highest BCUT2D eigenvalue weighted by molar-refractivity contribution is 5.91. The largest absolute Gasteiger partial charge is 0.481 e. The molecule has 1 heterocycles. The third kappa shape index (κ3) is 8.16. The van der Waals surface area contributed by atoms with Gasteiger partial charge in [0.15, 0.2) is 0 Å². The van der Waals surface area contributed by atoms with E-state index in [1.807, 2.05) is 109 Å². The van der Waals surface area contributed by atoms with Gasteiger partial charge in [0.25, 0.3) is 5.95 Å². The van der Waals surface area contributed by atoms with Gasteiger partial charge < -0.3 is 24.8 Å². The molecule has 1 aliphatic carbocycles. The fourth-order valence-electron chi connectivity index (χ4n) is 6.31. The second kappa shape index (κ2) is 15.6. The summed E-state index contributed by atoms with van der Waals surface area (Å²) in [6.45, 7) is 3.28. The summed E-state index contributed by atoms with van der Waals surface area (Å²) in [6, 6.07) is 32.4. The highest BCUT2D eigenvalue weighted by Crippen LogP contribution is 2.34. The number of aliphatic carboxylic acids is 1. The van der Waals surface area contributed by atoms with Crippen LogP contribution < -0.4 is 10.2 Å². The number of anilines is 1. The average molecular weight is 683 g/mol. The monoisotopic (exact) mass is 682 g/mol. The van der Waals surface area contributed by atoms with Gasteiger partial charge in [0.2, 0.25) is 5.91 Å². The molecule has 0 fully saturated rings. The number of amides is 1. The van der Waals surface area contributed by atoms with Crippen LogP contribution in [0.3, 0.4) is 0 Å². The molecule has 2 aliphatic rings. The van der Waals surface area contributed by atoms with Gasteiger partial charge in [0.05, 0.1) is 12.0 Å². The molecule has 0 radical (unpaired) electrons. The molecule has 4 aromatic rings. The van der Waals surface area contributed by atoms with Gasteiger partial charge in [-0.25, -0.2) is 4.79 Å². The van der Waals surface area contributed by atoms with E-state index in [0.29, 0.717) is 11.3 Å². The van der Waals surface area contributed by atoms with E-state index in [9.17, 15) is 24.3 Å². The Labute approximate surface area is 296 Å². The highest BCUT2D eigenvalue weighted by atomic mass is 16.7. The van der Waals surface area contributed by atoms with Crippen molar-refractivity contribution in [2.75, 3.05) is 4.90 Å². The average Bonchev–Trinajstić information content (AvgIpc) is 3.46. The van der Waals surface area contributed by atoms with E-state index in [0.717, 1.165) is 27.8 Å². The third-order valence-corrected chi connectivity index (χ3v) is 8.94. The van der Waals surface area contributed by atoms with Crippen molar-refractivity contribution in [3.63, 3.8) is 0 Å². The first kappa shape index (κ1) is 34.6. The molecule has 4 aromatic carbocycles. The number of carboxylic acid groups (broad SMARTS) is 1. The topological polar surface area (TPSA) is 122 Å². The fourth-order valence-corrected chi connectivity index (χ4v) is 6.31. The molecule has 0 aromatic heterocycles. The van der Waals surface area contributed by atoms with Gasteiger partial charge in [-0.2, -0.15) is 0 Å². The van der Waals surface area contributed by atoms with Crippen molar-refractivity contribution in [2.24, 2.45) is 5.92 Å². The van der Waals surface area contributed by atoms with Crippen LogP contribution in [0.15, 0.2) is 145 Å². The molecule has 258 valence electrons. The van der Waals surface area contributed by atoms with Crippen LogP contribution in [-0.4, -0.2) is 47.0 Å². The molecule has 9 heteroatoms. The van der Waals surface area contributed by atoms with Gasteiger partial charge in [0, 0.05) is 18.2 Å². The normalized spacial score (nSPS) is 16.4. The summed E-state index contributed by atoms with van der Waals surface area (Å²) in [7, 11) is 0. The van der Waals surface area contributed by atoms with Crippen molar-refractivity contribution < 1.29 is 33.8 Å². The van der Waals surface area contributed by atoms with Crippen LogP contribution in [0, 0.1) is 5.92 Å². The molecular formula is C42H38N2O7. The number of hydrogen-bond donors (Lipinski definition) is 2. The molecule has 1 amide bonds. The number of benzene rings is 4. The van der Waals surface area contributed by atoms with Crippen molar-refractivity contribution in [1.82, 2.24) is 5.32 Å². The molecule has 0 spiro atoms. The van der Waals surface area contributed by atoms with Gasteiger partial charge in [-0.3, -0.25) is 14.4 Å². The van der Waals surface area contributed by atoms with E-state index >= 15 is 0 Å². The Hall–Kier alpha value is -6.22. The lowest BCUT2D eigenvalue weighted by molar-refractivity contribution is -0.153. The SMILES string of the molecule is C[C@H](CC(=O)O)NC(=O)[C@H](C)N(c1ccc(-c2ccccc2)cc1)C(Cc1ccc(-c2ccccc2)cc1)C(=O)OC1=C2C=CC=CC2C(=O)O1. The lowest BCUT2D eigenvalue weighted by Gasteiger charge is -2.37. The Morgan fingerprint density at radius 2 is 1.37 bits per heavy atom. The van der Waals surface area contributed by atoms with E-state index in [2.05, 4.69) is 5.32 Å². The molecule has 1 aliphatic heterocycles. The van der Waals surface area contributed by atoms with Gasteiger partial charge in [-0.05, 0) is 53.8 Å². The first-order chi connectivity index (χ1) is 24.7. The maximum atomic E-state index is 14.4. The number of carbonyl (C=O) groups excluding carboxylic acids is 3. The summed E-state index contributed by atoms with van der Waals surface area (Å²) in [4.78, 5) is 54.0. The minimum atomic E-state index is -1.08. The standard InChI is InChI=1S/C42H38N2O7/c1-27(25-38(45)46)43-39(47)28(2)44(34-23-21-33(22-24-34)31-13-7-4-8-14-31)37(26-29-17-19-32(20-18-29)30-11-5-3-6-12-30)41(49)51-42-36-16-10-9-15-35(36)40(48)50-42/h3-24,27-28,35,37H,25-26H2,1-2H3,(H,43,47)(H,45,46)/t27-,28+,35?,37?/m1/s1. The van der Waals surface area contributed by atoms with Crippen LogP contribution in [0.25, 0.3) is 22.3 Å². The summed E-state index contributed by atoms with van der Waals surface area (Å²) in [6.07, 6.45) is 6.68. The Bertz CT molecular complexity index is 1980. The number of esters is 2. The Morgan fingerprint density at radius 3 is 1.96 bits per heavy atom. The van der Waals surface area contributed by atoms with Crippen LogP contribution in [0.5, 0.6) is 0 Å². The molecule has 0 saturated heterocycles. The zero-order chi connectivity index (χ0) is 35.9. The van der Waals surface area contributed by atoms with E-state index in [1.54, 1.807) is 43.1 Å². The van der Waals surface area contributed by atoms with Gasteiger partial charge >= 0.3 is 17.9 Å². The fraction of sp³-hybridized carbons (Fsp3) is 0.190. The van der Waals surface area contributed by atoms with Crippen molar-refractivity contribution in [3.8, 4) is 22.3 Å². The number of nitrogens with one attached hydrogen (secondary N) is 1. The molecule has 0 bridgehead atoms.